The van der Waals surface area contributed by atoms with E-state index in [9.17, 15) is 9.90 Å². The van der Waals surface area contributed by atoms with Crippen molar-refractivity contribution in [3.63, 3.8) is 0 Å². The first-order chi connectivity index (χ1) is 8.53. The molecule has 1 N–H and O–H groups in total. The van der Waals surface area contributed by atoms with Crippen molar-refractivity contribution in [3.8, 4) is 0 Å². The van der Waals surface area contributed by atoms with Crippen LogP contribution in [0.1, 0.15) is 17.0 Å². The Morgan fingerprint density at radius 2 is 2.50 bits per heavy atom. The number of thiazole rings is 1. The molecule has 1 saturated heterocycles. The van der Waals surface area contributed by atoms with E-state index < -0.39 is 11.4 Å². The average molecular weight is 270 g/mol. The highest BCUT2D eigenvalue weighted by Crippen LogP contribution is 2.30. The van der Waals surface area contributed by atoms with Gasteiger partial charge in [0.15, 0.2) is 0 Å². The molecule has 0 radical (unpaired) electrons. The highest BCUT2D eigenvalue weighted by molar-refractivity contribution is 7.09. The molecule has 1 fully saturated rings. The summed E-state index contributed by atoms with van der Waals surface area (Å²) < 4.78 is 5.26. The van der Waals surface area contributed by atoms with Crippen molar-refractivity contribution in [2.45, 2.75) is 19.9 Å². The van der Waals surface area contributed by atoms with Gasteiger partial charge in [0.1, 0.15) is 5.41 Å². The highest BCUT2D eigenvalue weighted by atomic mass is 32.1. The summed E-state index contributed by atoms with van der Waals surface area (Å²) in [4.78, 5) is 18.9. The van der Waals surface area contributed by atoms with Gasteiger partial charge in [-0.1, -0.05) is 0 Å². The fourth-order valence-corrected chi connectivity index (χ4v) is 3.12. The lowest BCUT2D eigenvalue weighted by Gasteiger charge is -2.28. The smallest absolute Gasteiger partial charge is 0.313 e. The van der Waals surface area contributed by atoms with Crippen LogP contribution in [0.5, 0.6) is 0 Å². The van der Waals surface area contributed by atoms with Crippen LogP contribution in [0, 0.1) is 12.3 Å². The zero-order chi connectivity index (χ0) is 13.2. The molecule has 0 saturated carbocycles. The van der Waals surface area contributed by atoms with Gasteiger partial charge in [-0.05, 0) is 20.4 Å². The van der Waals surface area contributed by atoms with E-state index in [4.69, 9.17) is 4.74 Å². The van der Waals surface area contributed by atoms with Crippen molar-refractivity contribution in [1.29, 1.82) is 0 Å². The van der Waals surface area contributed by atoms with Crippen LogP contribution in [-0.2, 0) is 16.1 Å². The number of aliphatic carboxylic acids is 1. The Labute approximate surface area is 110 Å². The van der Waals surface area contributed by atoms with Crippen molar-refractivity contribution in [2.24, 2.45) is 5.41 Å². The quantitative estimate of drug-likeness (QED) is 0.875. The largest absolute Gasteiger partial charge is 0.481 e. The summed E-state index contributed by atoms with van der Waals surface area (Å²) in [5.74, 6) is -0.757. The summed E-state index contributed by atoms with van der Waals surface area (Å²) in [6.45, 7) is 4.09. The van der Waals surface area contributed by atoms with Crippen LogP contribution < -0.4 is 0 Å². The van der Waals surface area contributed by atoms with E-state index in [2.05, 4.69) is 4.98 Å². The Morgan fingerprint density at radius 3 is 3.00 bits per heavy atom. The van der Waals surface area contributed by atoms with E-state index >= 15 is 0 Å². The fourth-order valence-electron chi connectivity index (χ4n) is 2.26. The zero-order valence-electron chi connectivity index (χ0n) is 10.7. The standard InChI is InChI=1S/C12H18N2O3S/c1-9-10(18-8-13-9)5-14(2)6-12(11(15)16)3-4-17-7-12/h8H,3-7H2,1-2H3,(H,15,16). The van der Waals surface area contributed by atoms with Crippen LogP contribution in [0.25, 0.3) is 0 Å². The number of carboxylic acid groups (broad SMARTS) is 1. The molecule has 100 valence electrons. The predicted octanol–water partition coefficient (Wildman–Crippen LogP) is 1.37. The van der Waals surface area contributed by atoms with Gasteiger partial charge in [0.2, 0.25) is 0 Å². The number of carbonyl (C=O) groups is 1. The minimum absolute atomic E-state index is 0.314. The average Bonchev–Trinajstić information content (AvgIpc) is 2.90. The number of hydrogen-bond donors (Lipinski definition) is 1. The van der Waals surface area contributed by atoms with E-state index in [1.54, 1.807) is 11.3 Å². The Hall–Kier alpha value is -0.980. The van der Waals surface area contributed by atoms with Gasteiger partial charge >= 0.3 is 5.97 Å². The Balaban J connectivity index is 2.00. The maximum absolute atomic E-state index is 11.4. The number of ether oxygens (including phenoxy) is 1. The van der Waals surface area contributed by atoms with Crippen LogP contribution in [0.3, 0.4) is 0 Å². The minimum Gasteiger partial charge on any atom is -0.481 e. The van der Waals surface area contributed by atoms with Gasteiger partial charge in [-0.25, -0.2) is 4.98 Å². The molecule has 1 atom stereocenters. The summed E-state index contributed by atoms with van der Waals surface area (Å²) in [5.41, 5.74) is 2.11. The third-order valence-electron chi connectivity index (χ3n) is 3.39. The van der Waals surface area contributed by atoms with Gasteiger partial charge in [-0.3, -0.25) is 9.69 Å². The summed E-state index contributed by atoms with van der Waals surface area (Å²) in [7, 11) is 1.95. The molecule has 0 bridgehead atoms. The molecule has 0 aliphatic carbocycles. The molecule has 0 amide bonds. The first kappa shape index (κ1) is 13.5. The lowest BCUT2D eigenvalue weighted by atomic mass is 9.87. The van der Waals surface area contributed by atoms with Crippen molar-refractivity contribution in [3.05, 3.63) is 16.1 Å². The number of hydrogen-bond acceptors (Lipinski definition) is 5. The summed E-state index contributed by atoms with van der Waals surface area (Å²) in [6, 6.07) is 0. The molecule has 2 rings (SSSR count). The third-order valence-corrected chi connectivity index (χ3v) is 4.31. The van der Waals surface area contributed by atoms with Crippen LogP contribution in [0.15, 0.2) is 5.51 Å². The van der Waals surface area contributed by atoms with Crippen LogP contribution in [-0.4, -0.2) is 47.8 Å². The molecular weight excluding hydrogens is 252 g/mol. The Bertz CT molecular complexity index is 427. The van der Waals surface area contributed by atoms with Gasteiger partial charge in [-0.2, -0.15) is 0 Å². The SMILES string of the molecule is Cc1ncsc1CN(C)CC1(C(=O)O)CCOC1. The molecule has 1 aliphatic heterocycles. The minimum atomic E-state index is -0.757. The summed E-state index contributed by atoms with van der Waals surface area (Å²) in [5, 5.41) is 9.38. The first-order valence-electron chi connectivity index (χ1n) is 5.92. The summed E-state index contributed by atoms with van der Waals surface area (Å²) >= 11 is 1.61. The molecule has 1 aromatic rings. The Kier molecular flexibility index (Phi) is 3.99. The van der Waals surface area contributed by atoms with Crippen molar-refractivity contribution in [1.82, 2.24) is 9.88 Å². The molecule has 0 spiro atoms. The normalized spacial score (nSPS) is 23.7. The number of aryl methyl sites for hydroxylation is 1. The van der Waals surface area contributed by atoms with E-state index in [1.807, 2.05) is 24.4 Å². The van der Waals surface area contributed by atoms with E-state index in [0.717, 1.165) is 12.2 Å². The molecule has 1 unspecified atom stereocenters. The maximum Gasteiger partial charge on any atom is 0.313 e. The second-order valence-electron chi connectivity index (χ2n) is 4.92. The van der Waals surface area contributed by atoms with E-state index in [1.165, 1.54) is 4.88 Å². The molecule has 0 aromatic carbocycles. The first-order valence-corrected chi connectivity index (χ1v) is 6.80. The molecular formula is C12H18N2O3S. The topological polar surface area (TPSA) is 62.7 Å². The number of aromatic nitrogens is 1. The fraction of sp³-hybridized carbons (Fsp3) is 0.667. The van der Waals surface area contributed by atoms with Gasteiger partial charge in [0.25, 0.3) is 0 Å². The van der Waals surface area contributed by atoms with Crippen LogP contribution in [0.2, 0.25) is 0 Å². The monoisotopic (exact) mass is 270 g/mol. The Morgan fingerprint density at radius 1 is 1.72 bits per heavy atom. The zero-order valence-corrected chi connectivity index (χ0v) is 11.5. The van der Waals surface area contributed by atoms with Crippen molar-refractivity contribution in [2.75, 3.05) is 26.8 Å². The lowest BCUT2D eigenvalue weighted by Crippen LogP contribution is -2.42. The number of nitrogens with zero attached hydrogens (tertiary/aromatic N) is 2. The maximum atomic E-state index is 11.4. The van der Waals surface area contributed by atoms with Gasteiger partial charge in [-0.15, -0.1) is 11.3 Å². The van der Waals surface area contributed by atoms with Crippen LogP contribution >= 0.6 is 11.3 Å². The number of carboxylic acids is 1. The molecule has 1 aliphatic rings. The molecule has 6 heteroatoms. The highest BCUT2D eigenvalue weighted by Gasteiger charge is 2.43. The van der Waals surface area contributed by atoms with Gasteiger partial charge < -0.3 is 9.84 Å². The lowest BCUT2D eigenvalue weighted by molar-refractivity contribution is -0.150. The van der Waals surface area contributed by atoms with Crippen LogP contribution in [0.4, 0.5) is 0 Å². The molecule has 1 aromatic heterocycles. The predicted molar refractivity (Wildman–Crippen MR) is 68.7 cm³/mol. The van der Waals surface area contributed by atoms with E-state index in [-0.39, 0.29) is 0 Å². The molecule has 2 heterocycles. The van der Waals surface area contributed by atoms with Gasteiger partial charge in [0, 0.05) is 24.6 Å². The number of rotatable bonds is 5. The summed E-state index contributed by atoms with van der Waals surface area (Å²) in [6.07, 6.45) is 0.592. The van der Waals surface area contributed by atoms with Crippen molar-refractivity contribution < 1.29 is 14.6 Å². The van der Waals surface area contributed by atoms with Crippen molar-refractivity contribution >= 4 is 17.3 Å². The second-order valence-corrected chi connectivity index (χ2v) is 5.86. The third kappa shape index (κ3) is 2.71. The second kappa shape index (κ2) is 5.34. The molecule has 18 heavy (non-hydrogen) atoms. The molecule has 5 nitrogen and oxygen atoms in total. The van der Waals surface area contributed by atoms with E-state index in [0.29, 0.717) is 26.2 Å². The van der Waals surface area contributed by atoms with Gasteiger partial charge in [0.05, 0.1) is 17.8 Å².